The van der Waals surface area contributed by atoms with Gasteiger partial charge in [-0.3, -0.25) is 14.5 Å². The summed E-state index contributed by atoms with van der Waals surface area (Å²) >= 11 is 5.91. The van der Waals surface area contributed by atoms with Gasteiger partial charge in [-0.1, -0.05) is 35.9 Å². The topological polar surface area (TPSA) is 83.1 Å². The van der Waals surface area contributed by atoms with Crippen molar-refractivity contribution in [3.63, 3.8) is 0 Å². The number of hydrogen-bond acceptors (Lipinski definition) is 6. The molecular formula is C30H33ClN4O4. The number of carbonyl (C=O) groups excluding carboxylic acids is 2. The number of fused-ring (bicyclic) bond motifs is 1. The lowest BCUT2D eigenvalue weighted by Crippen LogP contribution is -2.41. The van der Waals surface area contributed by atoms with E-state index in [1.54, 1.807) is 30.3 Å². The molecule has 3 aromatic carbocycles. The van der Waals surface area contributed by atoms with Crippen LogP contribution in [0, 0.1) is 0 Å². The van der Waals surface area contributed by atoms with Crippen LogP contribution < -0.4 is 20.3 Å². The summed E-state index contributed by atoms with van der Waals surface area (Å²) < 4.78 is 11.0. The van der Waals surface area contributed by atoms with Gasteiger partial charge in [-0.05, 0) is 60.0 Å². The fraction of sp³-hybridized carbons (Fsp3) is 0.333. The fourth-order valence-electron chi connectivity index (χ4n) is 4.90. The first kappa shape index (κ1) is 27.0. The summed E-state index contributed by atoms with van der Waals surface area (Å²) in [4.78, 5) is 30.6. The minimum atomic E-state index is -0.316. The first-order valence-electron chi connectivity index (χ1n) is 13.3. The third kappa shape index (κ3) is 7.29. The van der Waals surface area contributed by atoms with Crippen molar-refractivity contribution in [2.75, 3.05) is 62.8 Å². The lowest BCUT2D eigenvalue weighted by molar-refractivity contribution is -0.118. The van der Waals surface area contributed by atoms with Gasteiger partial charge in [0.25, 0.3) is 11.8 Å². The van der Waals surface area contributed by atoms with E-state index in [0.29, 0.717) is 28.6 Å². The number of anilines is 2. The number of nitrogens with one attached hydrogen (secondary N) is 2. The van der Waals surface area contributed by atoms with E-state index in [1.807, 2.05) is 18.2 Å². The first-order valence-corrected chi connectivity index (χ1v) is 13.7. The summed E-state index contributed by atoms with van der Waals surface area (Å²) in [6, 6.07) is 20.7. The van der Waals surface area contributed by atoms with Gasteiger partial charge in [0.1, 0.15) is 5.75 Å². The predicted molar refractivity (Wildman–Crippen MR) is 153 cm³/mol. The Morgan fingerprint density at radius 2 is 1.72 bits per heavy atom. The van der Waals surface area contributed by atoms with Gasteiger partial charge in [0.15, 0.2) is 6.61 Å². The smallest absolute Gasteiger partial charge is 0.262 e. The zero-order chi connectivity index (χ0) is 27.0. The van der Waals surface area contributed by atoms with Crippen molar-refractivity contribution in [1.29, 1.82) is 0 Å². The maximum atomic E-state index is 13.4. The molecule has 9 heteroatoms. The van der Waals surface area contributed by atoms with Crippen LogP contribution in [0.25, 0.3) is 0 Å². The monoisotopic (exact) mass is 548 g/mol. The van der Waals surface area contributed by atoms with Gasteiger partial charge in [0.2, 0.25) is 0 Å². The molecule has 5 rings (SSSR count). The van der Waals surface area contributed by atoms with Crippen LogP contribution in [-0.2, 0) is 22.5 Å². The molecule has 204 valence electrons. The summed E-state index contributed by atoms with van der Waals surface area (Å²) in [6.45, 7) is 5.86. The van der Waals surface area contributed by atoms with Crippen LogP contribution in [-0.4, -0.2) is 69.3 Å². The molecule has 0 saturated carbocycles. The second-order valence-electron chi connectivity index (χ2n) is 9.67. The van der Waals surface area contributed by atoms with Gasteiger partial charge in [-0.25, -0.2) is 0 Å². The summed E-state index contributed by atoms with van der Waals surface area (Å²) in [7, 11) is 0. The number of nitrogens with zero attached hydrogens (tertiary/aromatic N) is 2. The van der Waals surface area contributed by atoms with Gasteiger partial charge < -0.3 is 25.0 Å². The molecule has 8 nitrogen and oxygen atoms in total. The molecule has 1 fully saturated rings. The molecule has 2 amide bonds. The molecule has 39 heavy (non-hydrogen) atoms. The molecule has 0 spiro atoms. The second kappa shape index (κ2) is 13.0. The van der Waals surface area contributed by atoms with Crippen molar-refractivity contribution in [2.45, 2.75) is 13.0 Å². The Hall–Kier alpha value is -3.59. The van der Waals surface area contributed by atoms with Crippen LogP contribution in [0.1, 0.15) is 21.5 Å². The zero-order valence-corrected chi connectivity index (χ0v) is 22.6. The lowest BCUT2D eigenvalue weighted by Gasteiger charge is -2.32. The quantitative estimate of drug-likeness (QED) is 0.421. The van der Waals surface area contributed by atoms with Crippen molar-refractivity contribution in [3.05, 3.63) is 88.4 Å². The van der Waals surface area contributed by atoms with Crippen LogP contribution >= 0.6 is 11.6 Å². The molecule has 3 aromatic rings. The number of morpholine rings is 1. The number of benzene rings is 3. The Kier molecular flexibility index (Phi) is 8.98. The predicted octanol–water partition coefficient (Wildman–Crippen LogP) is 3.98. The van der Waals surface area contributed by atoms with Crippen molar-refractivity contribution in [1.82, 2.24) is 10.2 Å². The minimum Gasteiger partial charge on any atom is -0.484 e. The molecule has 2 N–H and O–H groups in total. The van der Waals surface area contributed by atoms with Gasteiger partial charge in [0, 0.05) is 55.7 Å². The van der Waals surface area contributed by atoms with E-state index in [9.17, 15) is 9.59 Å². The number of amides is 2. The van der Waals surface area contributed by atoms with Crippen molar-refractivity contribution in [3.8, 4) is 5.75 Å². The van der Waals surface area contributed by atoms with Gasteiger partial charge >= 0.3 is 0 Å². The Bertz CT molecular complexity index is 1290. The van der Waals surface area contributed by atoms with E-state index in [4.69, 9.17) is 21.1 Å². The highest BCUT2D eigenvalue weighted by atomic mass is 35.5. The average Bonchev–Trinajstić information content (AvgIpc) is 2.97. The SMILES string of the molecule is O=C(COc1ccc(Cl)cc1)Nc1ccc(N2CCc3ccccc3C2)c(C(=O)NCCN2CCOCC2)c1. The zero-order valence-electron chi connectivity index (χ0n) is 21.8. The Balaban J connectivity index is 1.28. The standard InChI is InChI=1S/C30H33ClN4O4/c31-24-5-8-26(9-6-24)39-21-29(36)33-25-7-10-28(35-13-11-22-3-1-2-4-23(22)20-35)27(19-25)30(37)32-12-14-34-15-17-38-18-16-34/h1-10,19H,11-18,20-21H2,(H,32,37)(H,33,36). The minimum absolute atomic E-state index is 0.159. The summed E-state index contributed by atoms with van der Waals surface area (Å²) in [6.07, 6.45) is 0.911. The van der Waals surface area contributed by atoms with E-state index in [-0.39, 0.29) is 18.4 Å². The maximum Gasteiger partial charge on any atom is 0.262 e. The normalized spacial score (nSPS) is 15.4. The molecule has 2 aliphatic rings. The average molecular weight is 549 g/mol. The fourth-order valence-corrected chi connectivity index (χ4v) is 5.02. The highest BCUT2D eigenvalue weighted by molar-refractivity contribution is 6.30. The van der Waals surface area contributed by atoms with Crippen LogP contribution in [0.2, 0.25) is 5.02 Å². The highest BCUT2D eigenvalue weighted by Crippen LogP contribution is 2.29. The largest absolute Gasteiger partial charge is 0.484 e. The molecule has 0 unspecified atom stereocenters. The molecule has 0 bridgehead atoms. The van der Waals surface area contributed by atoms with E-state index in [2.05, 4.69) is 38.6 Å². The summed E-state index contributed by atoms with van der Waals surface area (Å²) in [5, 5.41) is 6.54. The summed E-state index contributed by atoms with van der Waals surface area (Å²) in [5.41, 5.74) is 4.53. The van der Waals surface area contributed by atoms with Crippen LogP contribution in [0.15, 0.2) is 66.7 Å². The van der Waals surface area contributed by atoms with E-state index in [0.717, 1.165) is 58.0 Å². The molecular weight excluding hydrogens is 516 g/mol. The van der Waals surface area contributed by atoms with Gasteiger partial charge in [-0.15, -0.1) is 0 Å². The van der Waals surface area contributed by atoms with Crippen LogP contribution in [0.4, 0.5) is 11.4 Å². The van der Waals surface area contributed by atoms with Crippen molar-refractivity contribution < 1.29 is 19.1 Å². The Labute approximate surface area is 233 Å². The first-order chi connectivity index (χ1) is 19.0. The third-order valence-corrected chi connectivity index (χ3v) is 7.25. The van der Waals surface area contributed by atoms with Crippen LogP contribution in [0.5, 0.6) is 5.75 Å². The van der Waals surface area contributed by atoms with Gasteiger partial charge in [-0.2, -0.15) is 0 Å². The van der Waals surface area contributed by atoms with Crippen LogP contribution in [0.3, 0.4) is 0 Å². The number of ether oxygens (including phenoxy) is 2. The lowest BCUT2D eigenvalue weighted by atomic mass is 9.98. The summed E-state index contributed by atoms with van der Waals surface area (Å²) in [5.74, 6) is 0.0736. The molecule has 0 radical (unpaired) electrons. The Morgan fingerprint density at radius 3 is 2.51 bits per heavy atom. The maximum absolute atomic E-state index is 13.4. The van der Waals surface area contributed by atoms with Crippen molar-refractivity contribution in [2.24, 2.45) is 0 Å². The number of halogens is 1. The second-order valence-corrected chi connectivity index (χ2v) is 10.1. The molecule has 2 heterocycles. The molecule has 0 aromatic heterocycles. The molecule has 0 atom stereocenters. The number of rotatable bonds is 9. The highest BCUT2D eigenvalue weighted by Gasteiger charge is 2.22. The molecule has 0 aliphatic carbocycles. The number of hydrogen-bond donors (Lipinski definition) is 2. The molecule has 1 saturated heterocycles. The van der Waals surface area contributed by atoms with E-state index in [1.165, 1.54) is 11.1 Å². The molecule has 2 aliphatic heterocycles. The van der Waals surface area contributed by atoms with Gasteiger partial charge in [0.05, 0.1) is 18.8 Å². The van der Waals surface area contributed by atoms with E-state index >= 15 is 0 Å². The third-order valence-electron chi connectivity index (χ3n) is 7.00. The van der Waals surface area contributed by atoms with Crippen molar-refractivity contribution >= 4 is 34.8 Å². The van der Waals surface area contributed by atoms with E-state index < -0.39 is 0 Å². The number of carbonyl (C=O) groups is 2. The Morgan fingerprint density at radius 1 is 0.949 bits per heavy atom.